The van der Waals surface area contributed by atoms with E-state index in [-0.39, 0.29) is 36.2 Å². The van der Waals surface area contributed by atoms with Crippen molar-refractivity contribution in [3.05, 3.63) is 0 Å². The number of nitrogens with zero attached hydrogens (tertiary/aromatic N) is 6. The predicted octanol–water partition coefficient (Wildman–Crippen LogP) is -0.398. The highest BCUT2D eigenvalue weighted by atomic mass is 35.5. The van der Waals surface area contributed by atoms with Gasteiger partial charge in [-0.3, -0.25) is 0 Å². The van der Waals surface area contributed by atoms with Crippen molar-refractivity contribution in [3.8, 4) is 0 Å². The van der Waals surface area contributed by atoms with Crippen LogP contribution in [0, 0.1) is 0 Å². The van der Waals surface area contributed by atoms with Crippen molar-refractivity contribution in [1.29, 1.82) is 0 Å². The number of hydrogen-bond acceptors (Lipinski definition) is 14. The maximum atomic E-state index is 5.58. The molecular weight excluding hydrogens is 448 g/mol. The number of aromatic nitrogens is 6. The molecule has 15 heteroatoms. The maximum Gasteiger partial charge on any atom is 0.229 e. The lowest BCUT2D eigenvalue weighted by molar-refractivity contribution is 0.284. The van der Waals surface area contributed by atoms with Crippen LogP contribution in [0.15, 0.2) is 0 Å². The first-order valence-electron chi connectivity index (χ1n) is 11.0. The predicted molar refractivity (Wildman–Crippen MR) is 133 cm³/mol. The molecule has 14 nitrogen and oxygen atoms in total. The molecule has 1 aliphatic carbocycles. The number of rotatable bonds is 12. The number of hydrogen-bond donors (Lipinski definition) is 8. The molecule has 2 unspecified atom stereocenters. The summed E-state index contributed by atoms with van der Waals surface area (Å²) in [5, 5.41) is 13.6. The molecule has 0 saturated heterocycles. The van der Waals surface area contributed by atoms with Crippen molar-refractivity contribution in [2.75, 3.05) is 59.7 Å². The van der Waals surface area contributed by atoms with E-state index in [1.165, 1.54) is 25.7 Å². The van der Waals surface area contributed by atoms with Crippen LogP contribution in [0.3, 0.4) is 0 Å². The van der Waals surface area contributed by atoms with Gasteiger partial charge in [-0.1, -0.05) is 12.8 Å². The van der Waals surface area contributed by atoms with E-state index in [0.29, 0.717) is 24.0 Å². The third-order valence-corrected chi connectivity index (χ3v) is 5.19. The van der Waals surface area contributed by atoms with E-state index >= 15 is 0 Å². The largest absolute Gasteiger partial charge is 0.368 e. The van der Waals surface area contributed by atoms with Gasteiger partial charge in [0.1, 0.15) is 0 Å². The molecule has 12 N–H and O–H groups in total. The fourth-order valence-electron chi connectivity index (χ4n) is 3.75. The Hall–Kier alpha value is -2.97. The fourth-order valence-corrected chi connectivity index (χ4v) is 3.75. The van der Waals surface area contributed by atoms with Gasteiger partial charge in [-0.05, 0) is 38.8 Å². The summed E-state index contributed by atoms with van der Waals surface area (Å²) in [4.78, 5) is 23.6. The van der Waals surface area contributed by atoms with Crippen molar-refractivity contribution in [3.63, 3.8) is 0 Å². The van der Waals surface area contributed by atoms with E-state index in [1.807, 2.05) is 0 Å². The molecule has 3 rings (SSSR count). The minimum atomic E-state index is 0. The Morgan fingerprint density at radius 1 is 0.576 bits per heavy atom. The molecule has 1 aliphatic rings. The lowest BCUT2D eigenvalue weighted by Crippen LogP contribution is -2.50. The quantitative estimate of drug-likeness (QED) is 0.180. The highest BCUT2D eigenvalue weighted by molar-refractivity contribution is 5.85. The van der Waals surface area contributed by atoms with E-state index in [1.54, 1.807) is 0 Å². The van der Waals surface area contributed by atoms with Gasteiger partial charge in [0.25, 0.3) is 0 Å². The van der Waals surface area contributed by atoms with E-state index in [9.17, 15) is 0 Å². The SMILES string of the molecule is Cl.Nc1nc(N)nc(NCCCNC2CCCCC2NCCCNc2nc(N)nc(N)n2)n1. The lowest BCUT2D eigenvalue weighted by Gasteiger charge is -2.33. The molecule has 184 valence electrons. The fraction of sp³-hybridized carbons (Fsp3) is 0.667. The first-order valence-corrected chi connectivity index (χ1v) is 11.0. The van der Waals surface area contributed by atoms with Gasteiger partial charge in [-0.15, -0.1) is 12.4 Å². The summed E-state index contributed by atoms with van der Waals surface area (Å²) < 4.78 is 0. The van der Waals surface area contributed by atoms with Crippen LogP contribution in [0.25, 0.3) is 0 Å². The average Bonchev–Trinajstić information content (AvgIpc) is 2.73. The summed E-state index contributed by atoms with van der Waals surface area (Å²) in [6.07, 6.45) is 6.71. The summed E-state index contributed by atoms with van der Waals surface area (Å²) in [5.74, 6) is 1.28. The number of nitrogen functional groups attached to an aromatic ring is 4. The van der Waals surface area contributed by atoms with Gasteiger partial charge in [0.05, 0.1) is 0 Å². The third-order valence-electron chi connectivity index (χ3n) is 5.19. The summed E-state index contributed by atoms with van der Waals surface area (Å²) >= 11 is 0. The van der Waals surface area contributed by atoms with Crippen molar-refractivity contribution >= 4 is 48.1 Å². The molecule has 0 bridgehead atoms. The monoisotopic (exact) mass is 482 g/mol. The van der Waals surface area contributed by atoms with E-state index in [2.05, 4.69) is 51.2 Å². The van der Waals surface area contributed by atoms with Crippen LogP contribution >= 0.6 is 12.4 Å². The normalized spacial score (nSPS) is 17.8. The molecule has 0 aliphatic heterocycles. The van der Waals surface area contributed by atoms with Gasteiger partial charge in [-0.25, -0.2) is 0 Å². The Bertz CT molecular complexity index is 743. The molecule has 0 radical (unpaired) electrons. The van der Waals surface area contributed by atoms with Crippen LogP contribution in [0.4, 0.5) is 35.7 Å². The topological polar surface area (TPSA) is 230 Å². The van der Waals surface area contributed by atoms with E-state index in [0.717, 1.165) is 39.0 Å². The van der Waals surface area contributed by atoms with Crippen LogP contribution in [-0.2, 0) is 0 Å². The molecule has 33 heavy (non-hydrogen) atoms. The zero-order chi connectivity index (χ0) is 22.8. The van der Waals surface area contributed by atoms with Crippen molar-refractivity contribution in [2.24, 2.45) is 0 Å². The summed E-state index contributed by atoms with van der Waals surface area (Å²) in [6.45, 7) is 3.24. The molecule has 2 atom stereocenters. The van der Waals surface area contributed by atoms with Crippen LogP contribution in [0.5, 0.6) is 0 Å². The van der Waals surface area contributed by atoms with Gasteiger partial charge >= 0.3 is 0 Å². The van der Waals surface area contributed by atoms with Crippen LogP contribution in [0.2, 0.25) is 0 Å². The van der Waals surface area contributed by atoms with Crippen LogP contribution in [0.1, 0.15) is 38.5 Å². The third kappa shape index (κ3) is 9.19. The molecule has 2 aromatic rings. The Kier molecular flexibility index (Phi) is 10.8. The second kappa shape index (κ2) is 13.5. The maximum absolute atomic E-state index is 5.58. The Morgan fingerprint density at radius 2 is 0.939 bits per heavy atom. The molecule has 1 fully saturated rings. The Labute approximate surface area is 199 Å². The van der Waals surface area contributed by atoms with Crippen LogP contribution < -0.4 is 44.2 Å². The number of nitrogens with one attached hydrogen (secondary N) is 4. The molecule has 0 aromatic carbocycles. The van der Waals surface area contributed by atoms with Gasteiger partial charge in [-0.2, -0.15) is 29.9 Å². The van der Waals surface area contributed by atoms with Crippen molar-refractivity contribution in [2.45, 2.75) is 50.6 Å². The average molecular weight is 483 g/mol. The number of halogens is 1. The molecule has 2 aromatic heterocycles. The van der Waals surface area contributed by atoms with Gasteiger partial charge in [0.15, 0.2) is 0 Å². The highest BCUT2D eigenvalue weighted by Crippen LogP contribution is 2.18. The smallest absolute Gasteiger partial charge is 0.229 e. The summed E-state index contributed by atoms with van der Waals surface area (Å²) in [5.41, 5.74) is 22.3. The number of anilines is 6. The van der Waals surface area contributed by atoms with Crippen molar-refractivity contribution in [1.82, 2.24) is 40.5 Å². The minimum absolute atomic E-state index is 0. The number of nitrogens with two attached hydrogens (primary N) is 4. The van der Waals surface area contributed by atoms with Gasteiger partial charge in [0.2, 0.25) is 35.7 Å². The van der Waals surface area contributed by atoms with Gasteiger partial charge in [0, 0.05) is 25.2 Å². The first-order chi connectivity index (χ1) is 15.5. The molecule has 1 saturated carbocycles. The second-order valence-corrected chi connectivity index (χ2v) is 7.72. The zero-order valence-corrected chi connectivity index (χ0v) is 19.4. The van der Waals surface area contributed by atoms with Gasteiger partial charge < -0.3 is 44.2 Å². The lowest BCUT2D eigenvalue weighted by atomic mass is 9.90. The van der Waals surface area contributed by atoms with E-state index in [4.69, 9.17) is 22.9 Å². The first kappa shape index (κ1) is 26.3. The molecule has 0 amide bonds. The summed E-state index contributed by atoms with van der Waals surface area (Å²) in [6, 6.07) is 0.923. The minimum Gasteiger partial charge on any atom is -0.368 e. The zero-order valence-electron chi connectivity index (χ0n) is 18.6. The Morgan fingerprint density at radius 3 is 1.30 bits per heavy atom. The van der Waals surface area contributed by atoms with Crippen LogP contribution in [-0.4, -0.2) is 68.2 Å². The Balaban J connectivity index is 0.00000385. The summed E-state index contributed by atoms with van der Waals surface area (Å²) in [7, 11) is 0. The second-order valence-electron chi connectivity index (χ2n) is 7.72. The molecular formula is C18H35ClN14. The van der Waals surface area contributed by atoms with Crippen molar-refractivity contribution < 1.29 is 0 Å². The molecule has 2 heterocycles. The highest BCUT2D eigenvalue weighted by Gasteiger charge is 2.23. The van der Waals surface area contributed by atoms with E-state index < -0.39 is 0 Å². The standard InChI is InChI=1S/C18H34N14.ClH/c19-13-27-14(20)30-17(29-13)25-9-3-7-23-11-5-1-2-6-12(11)24-8-4-10-26-18-31-15(21)28-16(22)32-18;/h11-12,23-24H,1-10H2,(H5,19,20,25,27,29,30)(H5,21,22,26,28,31,32);1H. The molecule has 0 spiro atoms.